The van der Waals surface area contributed by atoms with Crippen LogP contribution in [-0.4, -0.2) is 79.1 Å². The summed E-state index contributed by atoms with van der Waals surface area (Å²) < 4.78 is 10.3. The molecule has 10 nitrogen and oxygen atoms in total. The zero-order valence-electron chi connectivity index (χ0n) is 14.6. The molecule has 1 aliphatic heterocycles. The number of phenolic OH excluding ortho intramolecular Hbond substituents is 1. The summed E-state index contributed by atoms with van der Waals surface area (Å²) >= 11 is 0. The van der Waals surface area contributed by atoms with Gasteiger partial charge in [-0.05, 0) is 24.6 Å². The molecule has 1 fully saturated rings. The Bertz CT molecular complexity index is 618. The summed E-state index contributed by atoms with van der Waals surface area (Å²) in [6.45, 7) is 4.08. The molecule has 10 heteroatoms. The summed E-state index contributed by atoms with van der Waals surface area (Å²) in [4.78, 5) is 30.7. The molecule has 0 bridgehead atoms. The van der Waals surface area contributed by atoms with Gasteiger partial charge in [0.15, 0.2) is 11.5 Å². The number of rotatable bonds is 9. The van der Waals surface area contributed by atoms with Gasteiger partial charge in [0, 0.05) is 32.7 Å². The van der Waals surface area contributed by atoms with E-state index in [1.54, 1.807) is 0 Å². The highest BCUT2D eigenvalue weighted by Crippen LogP contribution is 2.26. The first-order chi connectivity index (χ1) is 12.5. The van der Waals surface area contributed by atoms with Crippen molar-refractivity contribution in [1.82, 2.24) is 9.80 Å². The van der Waals surface area contributed by atoms with Crippen molar-refractivity contribution in [3.8, 4) is 11.5 Å². The Hall–Kier alpha value is -2.59. The van der Waals surface area contributed by atoms with Crippen LogP contribution in [0.2, 0.25) is 0 Å². The third-order valence-corrected chi connectivity index (χ3v) is 4.07. The normalized spacial score (nSPS) is 15.4. The van der Waals surface area contributed by atoms with Gasteiger partial charge in [0.2, 0.25) is 0 Å². The number of piperazine rings is 1. The van der Waals surface area contributed by atoms with Crippen LogP contribution < -0.4 is 4.74 Å². The van der Waals surface area contributed by atoms with Gasteiger partial charge in [-0.15, -0.1) is 10.1 Å². The minimum Gasteiger partial charge on any atom is -0.504 e. The molecule has 0 amide bonds. The zero-order valence-corrected chi connectivity index (χ0v) is 14.6. The largest absolute Gasteiger partial charge is 0.504 e. The standard InChI is InChI=1S/C16H23N3O7/c1-24-15-11-13(3-4-14(15)20)16(21)25-12-18-8-6-17(7-9-18)5-2-10-26-19(22)23/h3-4,11,20H,2,5-10,12H2,1H3. The highest BCUT2D eigenvalue weighted by molar-refractivity contribution is 5.90. The topological polar surface area (TPSA) is 115 Å². The van der Waals surface area contributed by atoms with Crippen molar-refractivity contribution in [2.75, 3.05) is 53.2 Å². The van der Waals surface area contributed by atoms with E-state index in [2.05, 4.69) is 9.74 Å². The van der Waals surface area contributed by atoms with Crippen LogP contribution in [0.1, 0.15) is 16.8 Å². The first-order valence-corrected chi connectivity index (χ1v) is 8.25. The van der Waals surface area contributed by atoms with E-state index < -0.39 is 11.1 Å². The van der Waals surface area contributed by atoms with E-state index in [0.29, 0.717) is 12.0 Å². The van der Waals surface area contributed by atoms with Crippen LogP contribution in [0.25, 0.3) is 0 Å². The molecule has 0 spiro atoms. The lowest BCUT2D eigenvalue weighted by molar-refractivity contribution is -0.757. The van der Waals surface area contributed by atoms with Crippen LogP contribution in [0, 0.1) is 10.1 Å². The van der Waals surface area contributed by atoms with Gasteiger partial charge in [-0.2, -0.15) is 0 Å². The predicted molar refractivity (Wildman–Crippen MR) is 90.5 cm³/mol. The van der Waals surface area contributed by atoms with Crippen molar-refractivity contribution >= 4 is 5.97 Å². The summed E-state index contributed by atoms with van der Waals surface area (Å²) in [5, 5.41) is 18.8. The molecule has 0 atom stereocenters. The maximum atomic E-state index is 12.1. The predicted octanol–water partition coefficient (Wildman–Crippen LogP) is 0.731. The number of phenols is 1. The van der Waals surface area contributed by atoms with Crippen molar-refractivity contribution in [2.45, 2.75) is 6.42 Å². The van der Waals surface area contributed by atoms with E-state index in [1.807, 2.05) is 4.90 Å². The molecule has 1 aliphatic rings. The molecule has 0 unspecified atom stereocenters. The lowest BCUT2D eigenvalue weighted by atomic mass is 10.2. The minimum atomic E-state index is -0.782. The average Bonchev–Trinajstić information content (AvgIpc) is 2.64. The lowest BCUT2D eigenvalue weighted by Gasteiger charge is -2.34. The Labute approximate surface area is 150 Å². The highest BCUT2D eigenvalue weighted by atomic mass is 16.9. The molecule has 144 valence electrons. The van der Waals surface area contributed by atoms with E-state index in [0.717, 1.165) is 32.7 Å². The maximum absolute atomic E-state index is 12.1. The summed E-state index contributed by atoms with van der Waals surface area (Å²) in [5.74, 6) is -0.305. The second-order valence-corrected chi connectivity index (χ2v) is 5.82. The fourth-order valence-electron chi connectivity index (χ4n) is 2.61. The lowest BCUT2D eigenvalue weighted by Crippen LogP contribution is -2.47. The number of carbonyl (C=O) groups is 1. The molecule has 0 radical (unpaired) electrons. The Kier molecular flexibility index (Phi) is 7.42. The molecule has 1 heterocycles. The van der Waals surface area contributed by atoms with Crippen LogP contribution in [0.5, 0.6) is 11.5 Å². The fourth-order valence-corrected chi connectivity index (χ4v) is 2.61. The van der Waals surface area contributed by atoms with Crippen molar-refractivity contribution in [3.05, 3.63) is 33.9 Å². The quantitative estimate of drug-likeness (QED) is 0.291. The van der Waals surface area contributed by atoms with Gasteiger partial charge in [0.05, 0.1) is 19.3 Å². The summed E-state index contributed by atoms with van der Waals surface area (Å²) in [6, 6.07) is 4.30. The van der Waals surface area contributed by atoms with Crippen LogP contribution in [0.15, 0.2) is 18.2 Å². The first kappa shape index (κ1) is 19.7. The zero-order chi connectivity index (χ0) is 18.9. The molecule has 1 aromatic carbocycles. The molecular formula is C16H23N3O7. The molecule has 1 N–H and O–H groups in total. The van der Waals surface area contributed by atoms with E-state index in [-0.39, 0.29) is 24.8 Å². The van der Waals surface area contributed by atoms with Gasteiger partial charge in [0.1, 0.15) is 6.73 Å². The number of benzene rings is 1. The van der Waals surface area contributed by atoms with Gasteiger partial charge in [-0.25, -0.2) is 4.79 Å². The molecule has 1 saturated heterocycles. The molecule has 0 aliphatic carbocycles. The second kappa shape index (κ2) is 9.78. The van der Waals surface area contributed by atoms with Gasteiger partial charge in [-0.3, -0.25) is 4.90 Å². The average molecular weight is 369 g/mol. The van der Waals surface area contributed by atoms with Crippen molar-refractivity contribution in [1.29, 1.82) is 0 Å². The highest BCUT2D eigenvalue weighted by Gasteiger charge is 2.18. The smallest absolute Gasteiger partial charge is 0.339 e. The number of ether oxygens (including phenoxy) is 2. The summed E-state index contributed by atoms with van der Waals surface area (Å²) in [7, 11) is 1.41. The minimum absolute atomic E-state index is 0.0382. The van der Waals surface area contributed by atoms with Gasteiger partial charge in [0.25, 0.3) is 5.09 Å². The third-order valence-electron chi connectivity index (χ3n) is 4.07. The van der Waals surface area contributed by atoms with Gasteiger partial charge in [-0.1, -0.05) is 0 Å². The van der Waals surface area contributed by atoms with Crippen LogP contribution in [-0.2, 0) is 9.57 Å². The van der Waals surface area contributed by atoms with Gasteiger partial charge < -0.3 is 24.3 Å². The van der Waals surface area contributed by atoms with Crippen LogP contribution in [0.4, 0.5) is 0 Å². The van der Waals surface area contributed by atoms with E-state index in [1.165, 1.54) is 25.3 Å². The monoisotopic (exact) mass is 369 g/mol. The number of carbonyl (C=O) groups excluding carboxylic acids is 1. The number of esters is 1. The van der Waals surface area contributed by atoms with Crippen LogP contribution >= 0.6 is 0 Å². The molecule has 2 rings (SSSR count). The fraction of sp³-hybridized carbons (Fsp3) is 0.562. The van der Waals surface area contributed by atoms with E-state index in [9.17, 15) is 20.0 Å². The SMILES string of the molecule is COc1cc(C(=O)OCN2CCN(CCCO[N+](=O)[O-])CC2)ccc1O. The number of hydrogen-bond donors (Lipinski definition) is 1. The number of hydrogen-bond acceptors (Lipinski definition) is 9. The number of methoxy groups -OCH3 is 1. The van der Waals surface area contributed by atoms with Crippen molar-refractivity contribution < 1.29 is 29.3 Å². The van der Waals surface area contributed by atoms with E-state index >= 15 is 0 Å². The maximum Gasteiger partial charge on any atom is 0.339 e. The van der Waals surface area contributed by atoms with Crippen LogP contribution in [0.3, 0.4) is 0 Å². The summed E-state index contributed by atoms with van der Waals surface area (Å²) in [5.41, 5.74) is 0.309. The Balaban J connectivity index is 1.68. The molecule has 1 aromatic rings. The Morgan fingerprint density at radius 3 is 2.62 bits per heavy atom. The summed E-state index contributed by atoms with van der Waals surface area (Å²) in [6.07, 6.45) is 0.596. The Morgan fingerprint density at radius 2 is 1.96 bits per heavy atom. The van der Waals surface area contributed by atoms with Crippen molar-refractivity contribution in [2.24, 2.45) is 0 Å². The van der Waals surface area contributed by atoms with E-state index in [4.69, 9.17) is 9.47 Å². The molecular weight excluding hydrogens is 346 g/mol. The second-order valence-electron chi connectivity index (χ2n) is 5.82. The molecule has 0 saturated carbocycles. The molecule has 26 heavy (non-hydrogen) atoms. The molecule has 0 aromatic heterocycles. The van der Waals surface area contributed by atoms with Crippen molar-refractivity contribution in [3.63, 3.8) is 0 Å². The van der Waals surface area contributed by atoms with Gasteiger partial charge >= 0.3 is 5.97 Å². The third kappa shape index (κ3) is 6.05. The Morgan fingerprint density at radius 1 is 1.27 bits per heavy atom. The first-order valence-electron chi connectivity index (χ1n) is 8.25. The number of nitrogens with zero attached hydrogens (tertiary/aromatic N) is 3. The number of aromatic hydroxyl groups is 1.